The van der Waals surface area contributed by atoms with E-state index in [-0.39, 0.29) is 0 Å². The van der Waals surface area contributed by atoms with Gasteiger partial charge in [0.25, 0.3) is 0 Å². The number of nitrogens with zero attached hydrogens (tertiary/aromatic N) is 2. The monoisotopic (exact) mass is 167 g/mol. The van der Waals surface area contributed by atoms with E-state index in [0.717, 1.165) is 5.56 Å². The van der Waals surface area contributed by atoms with Crippen LogP contribution < -0.4 is 5.73 Å². The van der Waals surface area contributed by atoms with Gasteiger partial charge >= 0.3 is 0 Å². The lowest BCUT2D eigenvalue weighted by Crippen LogP contribution is -2.04. The van der Waals surface area contributed by atoms with Crippen LogP contribution in [-0.4, -0.2) is 10.8 Å². The molecule has 0 fully saturated rings. The number of nitrogens with two attached hydrogens (primary N) is 1. The first-order chi connectivity index (χ1) is 5.59. The Hall–Kier alpha value is -1.45. The minimum atomic E-state index is -0.541. The van der Waals surface area contributed by atoms with Crippen molar-refractivity contribution in [2.45, 2.75) is 13.8 Å². The van der Waals surface area contributed by atoms with Gasteiger partial charge in [-0.25, -0.2) is 9.98 Å². The summed E-state index contributed by atoms with van der Waals surface area (Å²) in [7, 11) is 0. The van der Waals surface area contributed by atoms with Gasteiger partial charge in [0.05, 0.1) is 11.5 Å². The van der Waals surface area contributed by atoms with Crippen molar-refractivity contribution in [3.05, 3.63) is 23.8 Å². The normalized spacial score (nSPS) is 11.8. The number of rotatable bonds is 1. The number of halogens is 1. The Morgan fingerprint density at radius 2 is 2.33 bits per heavy atom. The van der Waals surface area contributed by atoms with Crippen LogP contribution in [0.3, 0.4) is 0 Å². The second-order valence-corrected chi connectivity index (χ2v) is 2.55. The Labute approximate surface area is 70.1 Å². The predicted octanol–water partition coefficient (Wildman–Crippen LogP) is 1.54. The van der Waals surface area contributed by atoms with Gasteiger partial charge in [0.1, 0.15) is 0 Å². The number of hydrogen-bond acceptors (Lipinski definition) is 2. The highest BCUT2D eigenvalue weighted by Crippen LogP contribution is 2.17. The third-order valence-electron chi connectivity index (χ3n) is 1.34. The summed E-state index contributed by atoms with van der Waals surface area (Å²) in [5, 5.41) is 0. The average molecular weight is 167 g/mol. The topological polar surface area (TPSA) is 51.3 Å². The molecule has 4 heteroatoms. The molecule has 64 valence electrons. The number of aromatic nitrogens is 1. The molecule has 0 bridgehead atoms. The first-order valence-corrected chi connectivity index (χ1v) is 3.52. The SMILES string of the molecule is CC(N)=Nc1cc(F)ncc1C. The van der Waals surface area contributed by atoms with Crippen LogP contribution in [0.15, 0.2) is 17.3 Å². The van der Waals surface area contributed by atoms with Crippen LogP contribution in [0, 0.1) is 12.9 Å². The number of amidine groups is 1. The minimum Gasteiger partial charge on any atom is -0.387 e. The highest BCUT2D eigenvalue weighted by atomic mass is 19.1. The summed E-state index contributed by atoms with van der Waals surface area (Å²) < 4.78 is 12.6. The summed E-state index contributed by atoms with van der Waals surface area (Å²) in [6.45, 7) is 3.45. The fourth-order valence-corrected chi connectivity index (χ4v) is 0.799. The third kappa shape index (κ3) is 2.02. The van der Waals surface area contributed by atoms with Crippen LogP contribution in [0.2, 0.25) is 0 Å². The molecule has 0 aromatic carbocycles. The number of pyridine rings is 1. The molecule has 0 spiro atoms. The van der Waals surface area contributed by atoms with Gasteiger partial charge in [0, 0.05) is 12.3 Å². The molecule has 1 heterocycles. The molecule has 1 aromatic heterocycles. The molecule has 0 saturated heterocycles. The van der Waals surface area contributed by atoms with E-state index in [1.165, 1.54) is 12.3 Å². The zero-order valence-electron chi connectivity index (χ0n) is 7.00. The van der Waals surface area contributed by atoms with Crippen molar-refractivity contribution in [1.29, 1.82) is 0 Å². The highest BCUT2D eigenvalue weighted by molar-refractivity contribution is 5.80. The molecule has 1 rings (SSSR count). The zero-order valence-corrected chi connectivity index (χ0v) is 7.00. The van der Waals surface area contributed by atoms with E-state index >= 15 is 0 Å². The molecule has 0 atom stereocenters. The summed E-state index contributed by atoms with van der Waals surface area (Å²) >= 11 is 0. The van der Waals surface area contributed by atoms with E-state index in [9.17, 15) is 4.39 Å². The minimum absolute atomic E-state index is 0.406. The molecule has 0 aliphatic rings. The maximum Gasteiger partial charge on any atom is 0.214 e. The lowest BCUT2D eigenvalue weighted by atomic mass is 10.2. The Balaban J connectivity index is 3.14. The van der Waals surface area contributed by atoms with Gasteiger partial charge < -0.3 is 5.73 Å². The molecule has 0 aliphatic heterocycles. The maximum atomic E-state index is 12.6. The molecule has 0 unspecified atom stereocenters. The second-order valence-electron chi connectivity index (χ2n) is 2.55. The first-order valence-electron chi connectivity index (χ1n) is 3.52. The Morgan fingerprint density at radius 1 is 1.67 bits per heavy atom. The standard InChI is InChI=1S/C8H10FN3/c1-5-4-11-8(9)3-7(5)12-6(2)10/h3-4H,1-2H3,(H2,10,11,12). The zero-order chi connectivity index (χ0) is 9.14. The summed E-state index contributed by atoms with van der Waals surface area (Å²) in [5.74, 6) is -0.135. The van der Waals surface area contributed by atoms with Gasteiger partial charge in [0.15, 0.2) is 0 Å². The smallest absolute Gasteiger partial charge is 0.214 e. The molecule has 12 heavy (non-hydrogen) atoms. The van der Waals surface area contributed by atoms with E-state index in [0.29, 0.717) is 11.5 Å². The molecule has 2 N–H and O–H groups in total. The van der Waals surface area contributed by atoms with Crippen LogP contribution in [0.1, 0.15) is 12.5 Å². The molecule has 0 amide bonds. The maximum absolute atomic E-state index is 12.6. The van der Waals surface area contributed by atoms with Crippen molar-refractivity contribution < 1.29 is 4.39 Å². The largest absolute Gasteiger partial charge is 0.387 e. The quantitative estimate of drug-likeness (QED) is 0.392. The van der Waals surface area contributed by atoms with E-state index in [4.69, 9.17) is 5.73 Å². The van der Waals surface area contributed by atoms with Crippen molar-refractivity contribution in [2.75, 3.05) is 0 Å². The molecule has 0 saturated carbocycles. The lowest BCUT2D eigenvalue weighted by Gasteiger charge is -1.98. The molecule has 0 radical (unpaired) electrons. The van der Waals surface area contributed by atoms with Gasteiger partial charge in [-0.05, 0) is 19.4 Å². The molecular weight excluding hydrogens is 157 g/mol. The van der Waals surface area contributed by atoms with Crippen molar-refractivity contribution in [2.24, 2.45) is 10.7 Å². The Morgan fingerprint density at radius 3 is 2.92 bits per heavy atom. The number of aliphatic imine (C=N–C) groups is 1. The fraction of sp³-hybridized carbons (Fsp3) is 0.250. The second kappa shape index (κ2) is 3.30. The summed E-state index contributed by atoms with van der Waals surface area (Å²) in [4.78, 5) is 7.40. The van der Waals surface area contributed by atoms with Crippen molar-refractivity contribution in [1.82, 2.24) is 4.98 Å². The predicted molar refractivity (Wildman–Crippen MR) is 45.9 cm³/mol. The van der Waals surface area contributed by atoms with Crippen molar-refractivity contribution >= 4 is 11.5 Å². The molecule has 3 nitrogen and oxygen atoms in total. The fourth-order valence-electron chi connectivity index (χ4n) is 0.799. The molecule has 1 aromatic rings. The molecular formula is C8H10FN3. The van der Waals surface area contributed by atoms with Crippen molar-refractivity contribution in [3.63, 3.8) is 0 Å². The number of aryl methyl sites for hydroxylation is 1. The number of hydrogen-bond donors (Lipinski definition) is 1. The van der Waals surface area contributed by atoms with Gasteiger partial charge in [-0.15, -0.1) is 0 Å². The van der Waals surface area contributed by atoms with Crippen LogP contribution >= 0.6 is 0 Å². The first kappa shape index (κ1) is 8.64. The van der Waals surface area contributed by atoms with E-state index in [1.54, 1.807) is 13.8 Å². The van der Waals surface area contributed by atoms with Crippen LogP contribution in [0.5, 0.6) is 0 Å². The van der Waals surface area contributed by atoms with Gasteiger partial charge in [-0.2, -0.15) is 4.39 Å². The Bertz CT molecular complexity index is 316. The van der Waals surface area contributed by atoms with Crippen LogP contribution in [0.4, 0.5) is 10.1 Å². The van der Waals surface area contributed by atoms with Crippen LogP contribution in [-0.2, 0) is 0 Å². The van der Waals surface area contributed by atoms with E-state index < -0.39 is 5.95 Å². The van der Waals surface area contributed by atoms with E-state index in [2.05, 4.69) is 9.98 Å². The van der Waals surface area contributed by atoms with Gasteiger partial charge in [-0.3, -0.25) is 0 Å². The highest BCUT2D eigenvalue weighted by Gasteiger charge is 1.98. The average Bonchev–Trinajstić information content (AvgIpc) is 1.96. The summed E-state index contributed by atoms with van der Waals surface area (Å²) in [5.41, 5.74) is 6.69. The van der Waals surface area contributed by atoms with Gasteiger partial charge in [-0.1, -0.05) is 0 Å². The third-order valence-corrected chi connectivity index (χ3v) is 1.34. The Kier molecular flexibility index (Phi) is 2.38. The van der Waals surface area contributed by atoms with Crippen molar-refractivity contribution in [3.8, 4) is 0 Å². The van der Waals surface area contributed by atoms with Gasteiger partial charge in [0.2, 0.25) is 5.95 Å². The lowest BCUT2D eigenvalue weighted by molar-refractivity contribution is 0.583. The van der Waals surface area contributed by atoms with E-state index in [1.807, 2.05) is 0 Å². The summed E-state index contributed by atoms with van der Waals surface area (Å²) in [6, 6.07) is 1.26. The molecule has 0 aliphatic carbocycles. The van der Waals surface area contributed by atoms with Crippen LogP contribution in [0.25, 0.3) is 0 Å². The summed E-state index contributed by atoms with van der Waals surface area (Å²) in [6.07, 6.45) is 1.43.